The second kappa shape index (κ2) is 9.53. The second-order valence-electron chi connectivity index (χ2n) is 5.08. The van der Waals surface area contributed by atoms with Crippen LogP contribution in [0.2, 0.25) is 5.02 Å². The number of hydrogen-bond acceptors (Lipinski definition) is 3. The van der Waals surface area contributed by atoms with Gasteiger partial charge in [-0.3, -0.25) is 4.79 Å². The van der Waals surface area contributed by atoms with Gasteiger partial charge in [-0.1, -0.05) is 60.2 Å². The van der Waals surface area contributed by atoms with Crippen LogP contribution in [-0.4, -0.2) is 18.9 Å². The summed E-state index contributed by atoms with van der Waals surface area (Å²) in [6.45, 7) is 0.700. The minimum Gasteiger partial charge on any atom is -0.445 e. The van der Waals surface area contributed by atoms with Crippen molar-refractivity contribution in [3.8, 4) is 0 Å². The van der Waals surface area contributed by atoms with Crippen LogP contribution in [0.25, 0.3) is 6.08 Å². The van der Waals surface area contributed by atoms with Crippen LogP contribution < -0.4 is 5.32 Å². The highest BCUT2D eigenvalue weighted by molar-refractivity contribution is 6.32. The molecule has 0 saturated heterocycles. The fourth-order valence-electron chi connectivity index (χ4n) is 2.01. The Morgan fingerprint density at radius 3 is 2.71 bits per heavy atom. The van der Waals surface area contributed by atoms with Crippen molar-refractivity contribution < 1.29 is 14.3 Å². The van der Waals surface area contributed by atoms with Crippen LogP contribution in [0.1, 0.15) is 27.9 Å². The highest BCUT2D eigenvalue weighted by atomic mass is 35.5. The lowest BCUT2D eigenvalue weighted by Gasteiger charge is -2.06. The molecule has 0 aromatic heterocycles. The van der Waals surface area contributed by atoms with Gasteiger partial charge < -0.3 is 10.1 Å². The molecule has 0 aliphatic heterocycles. The van der Waals surface area contributed by atoms with Crippen molar-refractivity contribution in [3.63, 3.8) is 0 Å². The summed E-state index contributed by atoms with van der Waals surface area (Å²) in [5, 5.41) is 3.25. The number of benzene rings is 2. The van der Waals surface area contributed by atoms with Gasteiger partial charge >= 0.3 is 6.09 Å². The van der Waals surface area contributed by atoms with E-state index in [9.17, 15) is 9.59 Å². The Labute approximate surface area is 146 Å². The molecule has 2 rings (SSSR count). The van der Waals surface area contributed by atoms with Crippen molar-refractivity contribution in [3.05, 3.63) is 76.3 Å². The van der Waals surface area contributed by atoms with Crippen molar-refractivity contribution in [2.45, 2.75) is 13.0 Å². The zero-order chi connectivity index (χ0) is 17.2. The molecular weight excluding hydrogens is 326 g/mol. The molecule has 1 N–H and O–H groups in total. The normalized spacial score (nSPS) is 10.5. The third-order valence-electron chi connectivity index (χ3n) is 3.25. The lowest BCUT2D eigenvalue weighted by atomic mass is 10.1. The molecule has 0 unspecified atom stereocenters. The number of ether oxygens (including phenoxy) is 1. The quantitative estimate of drug-likeness (QED) is 0.595. The predicted octanol–water partition coefficient (Wildman–Crippen LogP) is 4.48. The first-order valence-corrected chi connectivity index (χ1v) is 7.92. The van der Waals surface area contributed by atoms with Gasteiger partial charge in [0.25, 0.3) is 0 Å². The monoisotopic (exact) mass is 343 g/mol. The number of rotatable bonds is 7. The largest absolute Gasteiger partial charge is 0.445 e. The summed E-state index contributed by atoms with van der Waals surface area (Å²) in [7, 11) is 0. The fraction of sp³-hybridized carbons (Fsp3) is 0.158. The minimum atomic E-state index is -0.451. The molecule has 0 atom stereocenters. The fourth-order valence-corrected chi connectivity index (χ4v) is 2.19. The summed E-state index contributed by atoms with van der Waals surface area (Å²) < 4.78 is 5.11. The third-order valence-corrected chi connectivity index (χ3v) is 3.59. The number of amides is 1. The number of halogens is 1. The highest BCUT2D eigenvalue weighted by Gasteiger charge is 2.01. The molecule has 124 valence electrons. The molecule has 4 nitrogen and oxygen atoms in total. The Bertz CT molecular complexity index is 714. The molecule has 0 bridgehead atoms. The maximum Gasteiger partial charge on any atom is 0.407 e. The van der Waals surface area contributed by atoms with E-state index in [1.807, 2.05) is 42.5 Å². The molecule has 2 aromatic carbocycles. The van der Waals surface area contributed by atoms with Crippen molar-refractivity contribution in [1.29, 1.82) is 0 Å². The zero-order valence-electron chi connectivity index (χ0n) is 13.1. The second-order valence-corrected chi connectivity index (χ2v) is 5.49. The number of aldehydes is 1. The van der Waals surface area contributed by atoms with Gasteiger partial charge in [0.15, 0.2) is 0 Å². The van der Waals surface area contributed by atoms with E-state index in [4.69, 9.17) is 16.3 Å². The Hall–Kier alpha value is -2.59. The molecule has 0 aliphatic carbocycles. The Kier molecular flexibility index (Phi) is 7.05. The van der Waals surface area contributed by atoms with Gasteiger partial charge in [-0.05, 0) is 29.7 Å². The average Bonchev–Trinajstić information content (AvgIpc) is 2.62. The van der Waals surface area contributed by atoms with E-state index in [0.29, 0.717) is 23.6 Å². The van der Waals surface area contributed by atoms with Crippen molar-refractivity contribution >= 4 is 30.1 Å². The van der Waals surface area contributed by atoms with Gasteiger partial charge in [0.05, 0.1) is 0 Å². The van der Waals surface area contributed by atoms with E-state index in [0.717, 1.165) is 17.4 Å². The maximum atomic E-state index is 11.6. The molecule has 2 aromatic rings. The molecule has 0 spiro atoms. The van der Waals surface area contributed by atoms with Crippen LogP contribution in [0, 0.1) is 0 Å². The Morgan fingerprint density at radius 2 is 1.96 bits per heavy atom. The van der Waals surface area contributed by atoms with Crippen LogP contribution in [0.5, 0.6) is 0 Å². The number of alkyl carbamates (subject to hydrolysis) is 1. The molecule has 0 aliphatic rings. The lowest BCUT2D eigenvalue weighted by molar-refractivity contribution is 0.112. The molecule has 24 heavy (non-hydrogen) atoms. The maximum absolute atomic E-state index is 11.6. The van der Waals surface area contributed by atoms with Crippen LogP contribution in [0.3, 0.4) is 0 Å². The third kappa shape index (κ3) is 5.89. The van der Waals surface area contributed by atoms with Crippen molar-refractivity contribution in [2.75, 3.05) is 6.54 Å². The smallest absolute Gasteiger partial charge is 0.407 e. The number of hydrogen-bond donors (Lipinski definition) is 1. The van der Waals surface area contributed by atoms with Gasteiger partial charge in [0.1, 0.15) is 12.9 Å². The van der Waals surface area contributed by atoms with Gasteiger partial charge in [0, 0.05) is 17.1 Å². The van der Waals surface area contributed by atoms with E-state index in [-0.39, 0.29) is 6.61 Å². The van der Waals surface area contributed by atoms with Crippen LogP contribution in [0.4, 0.5) is 4.79 Å². The zero-order valence-corrected chi connectivity index (χ0v) is 13.8. The number of carbonyl (C=O) groups is 2. The van der Waals surface area contributed by atoms with Crippen LogP contribution in [0.15, 0.2) is 54.6 Å². The predicted molar refractivity (Wildman–Crippen MR) is 95.1 cm³/mol. The number of nitrogens with one attached hydrogen (secondary N) is 1. The van der Waals surface area contributed by atoms with Gasteiger partial charge in [-0.25, -0.2) is 4.79 Å². The Balaban J connectivity index is 1.70. The lowest BCUT2D eigenvalue weighted by Crippen LogP contribution is -2.24. The van der Waals surface area contributed by atoms with E-state index >= 15 is 0 Å². The van der Waals surface area contributed by atoms with Gasteiger partial charge in [0.2, 0.25) is 0 Å². The van der Waals surface area contributed by atoms with Crippen molar-refractivity contribution in [1.82, 2.24) is 5.32 Å². The average molecular weight is 344 g/mol. The molecular formula is C19H18ClNO3. The van der Waals surface area contributed by atoms with E-state index < -0.39 is 6.09 Å². The Morgan fingerprint density at radius 1 is 1.17 bits per heavy atom. The highest BCUT2D eigenvalue weighted by Crippen LogP contribution is 2.18. The summed E-state index contributed by atoms with van der Waals surface area (Å²) in [5.74, 6) is 0. The molecule has 0 fully saturated rings. The first kappa shape index (κ1) is 17.8. The molecule has 5 heteroatoms. The first-order chi connectivity index (χ1) is 11.7. The van der Waals surface area contributed by atoms with Crippen LogP contribution in [-0.2, 0) is 11.3 Å². The SMILES string of the molecule is O=Cc1ccc(Cl)c(C=CCCNC(=O)OCc2ccccc2)c1. The summed E-state index contributed by atoms with van der Waals surface area (Å²) in [6.07, 6.45) is 4.66. The molecule has 0 radical (unpaired) electrons. The first-order valence-electron chi connectivity index (χ1n) is 7.55. The summed E-state index contributed by atoms with van der Waals surface area (Å²) in [4.78, 5) is 22.3. The summed E-state index contributed by atoms with van der Waals surface area (Å²) in [6, 6.07) is 14.6. The van der Waals surface area contributed by atoms with E-state index in [1.165, 1.54) is 0 Å². The molecule has 1 amide bonds. The summed E-state index contributed by atoms with van der Waals surface area (Å²) >= 11 is 6.06. The van der Waals surface area contributed by atoms with E-state index in [1.54, 1.807) is 18.2 Å². The van der Waals surface area contributed by atoms with Gasteiger partial charge in [-0.2, -0.15) is 0 Å². The van der Waals surface area contributed by atoms with Crippen molar-refractivity contribution in [2.24, 2.45) is 0 Å². The standard InChI is InChI=1S/C19H18ClNO3/c20-18-10-9-16(13-22)12-17(18)8-4-5-11-21-19(23)24-14-15-6-2-1-3-7-15/h1-4,6-10,12-13H,5,11,14H2,(H,21,23). The van der Waals surface area contributed by atoms with Gasteiger partial charge in [-0.15, -0.1) is 0 Å². The topological polar surface area (TPSA) is 55.4 Å². The molecule has 0 heterocycles. The minimum absolute atomic E-state index is 0.247. The number of carbonyl (C=O) groups excluding carboxylic acids is 2. The van der Waals surface area contributed by atoms with Crippen LogP contribution >= 0.6 is 11.6 Å². The summed E-state index contributed by atoms with van der Waals surface area (Å²) in [5.41, 5.74) is 2.28. The molecule has 0 saturated carbocycles. The van der Waals surface area contributed by atoms with E-state index in [2.05, 4.69) is 5.32 Å².